The van der Waals surface area contributed by atoms with Crippen LogP contribution in [0.2, 0.25) is 0 Å². The van der Waals surface area contributed by atoms with Crippen molar-refractivity contribution in [1.82, 2.24) is 4.57 Å². The molecule has 0 fully saturated rings. The highest BCUT2D eigenvalue weighted by atomic mass is 32.1. The summed E-state index contributed by atoms with van der Waals surface area (Å²) in [6.45, 7) is 0.449. The van der Waals surface area contributed by atoms with E-state index in [9.17, 15) is 0 Å². The molecule has 0 saturated carbocycles. The maximum Gasteiger partial charge on any atom is 0.150 e. The first-order valence-electron chi connectivity index (χ1n) is 3.25. The Hall–Kier alpha value is -0.870. The largest absolute Gasteiger partial charge is 0.505 e. The monoisotopic (exact) mass is 171 g/mol. The Morgan fingerprint density at radius 3 is 2.91 bits per heavy atom. The molecule has 2 N–H and O–H groups in total. The van der Waals surface area contributed by atoms with Gasteiger partial charge in [-0.25, -0.2) is 0 Å². The Kier molecular flexibility index (Phi) is 2.62. The average molecular weight is 171 g/mol. The summed E-state index contributed by atoms with van der Waals surface area (Å²) in [6.07, 6.45) is 1.72. The summed E-state index contributed by atoms with van der Waals surface area (Å²) in [4.78, 5) is 0. The fourth-order valence-corrected chi connectivity index (χ4v) is 1.03. The molecule has 1 rings (SSSR count). The first-order valence-corrected chi connectivity index (χ1v) is 3.66. The molecule has 0 aliphatic carbocycles. The van der Waals surface area contributed by atoms with E-state index in [1.165, 1.54) is 6.07 Å². The van der Waals surface area contributed by atoms with Crippen molar-refractivity contribution in [2.24, 2.45) is 0 Å². The Balaban J connectivity index is 3.07. The Bertz CT molecular complexity index is 295. The van der Waals surface area contributed by atoms with Crippen LogP contribution in [0.4, 0.5) is 0 Å². The second kappa shape index (κ2) is 3.50. The number of aromatic nitrogens is 1. The quantitative estimate of drug-likeness (QED) is 0.650. The van der Waals surface area contributed by atoms with E-state index in [1.807, 2.05) is 0 Å². The highest BCUT2D eigenvalue weighted by Gasteiger charge is 1.94. The van der Waals surface area contributed by atoms with Crippen LogP contribution < -0.4 is 0 Å². The third kappa shape index (κ3) is 1.78. The van der Waals surface area contributed by atoms with Crippen molar-refractivity contribution in [3.05, 3.63) is 23.0 Å². The molecule has 3 nitrogen and oxygen atoms in total. The maximum atomic E-state index is 9.12. The van der Waals surface area contributed by atoms with Gasteiger partial charge >= 0.3 is 0 Å². The van der Waals surface area contributed by atoms with Crippen LogP contribution in [0.1, 0.15) is 0 Å². The zero-order valence-electron chi connectivity index (χ0n) is 5.90. The first kappa shape index (κ1) is 8.23. The van der Waals surface area contributed by atoms with Crippen LogP contribution in [0.5, 0.6) is 5.75 Å². The van der Waals surface area contributed by atoms with E-state index < -0.39 is 0 Å². The summed E-state index contributed by atoms with van der Waals surface area (Å²) in [6, 6.07) is 3.21. The van der Waals surface area contributed by atoms with Gasteiger partial charge in [0.15, 0.2) is 0 Å². The summed E-state index contributed by atoms with van der Waals surface area (Å²) >= 11 is 4.86. The van der Waals surface area contributed by atoms with Gasteiger partial charge in [-0.2, -0.15) is 0 Å². The van der Waals surface area contributed by atoms with Crippen molar-refractivity contribution in [3.8, 4) is 5.75 Å². The first-order chi connectivity index (χ1) is 5.25. The highest BCUT2D eigenvalue weighted by Crippen LogP contribution is 2.09. The van der Waals surface area contributed by atoms with E-state index in [4.69, 9.17) is 22.4 Å². The Labute approximate surface area is 69.5 Å². The van der Waals surface area contributed by atoms with Gasteiger partial charge in [0.05, 0.1) is 6.61 Å². The van der Waals surface area contributed by atoms with Crippen LogP contribution in [-0.4, -0.2) is 21.4 Å². The molecule has 11 heavy (non-hydrogen) atoms. The normalized spacial score (nSPS) is 9.91. The van der Waals surface area contributed by atoms with Crippen LogP contribution in [-0.2, 0) is 6.54 Å². The van der Waals surface area contributed by atoms with Crippen molar-refractivity contribution >= 4 is 12.2 Å². The number of aliphatic hydroxyl groups excluding tert-OH is 1. The molecule has 0 radical (unpaired) electrons. The fraction of sp³-hybridized carbons (Fsp3) is 0.286. The predicted molar refractivity (Wildman–Crippen MR) is 44.0 cm³/mol. The number of hydrogen-bond acceptors (Lipinski definition) is 3. The van der Waals surface area contributed by atoms with Gasteiger partial charge in [-0.1, -0.05) is 12.2 Å². The molecule has 1 heterocycles. The molecule has 0 spiro atoms. The van der Waals surface area contributed by atoms with Gasteiger partial charge in [0, 0.05) is 12.7 Å². The number of pyridine rings is 1. The predicted octanol–water partition coefficient (Wildman–Crippen LogP) is 0.915. The summed E-state index contributed by atoms with van der Waals surface area (Å²) in [5.41, 5.74) is 0. The molecule has 1 aromatic heterocycles. The zero-order chi connectivity index (χ0) is 8.27. The number of rotatable bonds is 2. The minimum Gasteiger partial charge on any atom is -0.505 e. The van der Waals surface area contributed by atoms with Crippen molar-refractivity contribution in [1.29, 1.82) is 0 Å². The molecule has 4 heteroatoms. The topological polar surface area (TPSA) is 45.4 Å². The van der Waals surface area contributed by atoms with Gasteiger partial charge in [0.25, 0.3) is 0 Å². The van der Waals surface area contributed by atoms with Crippen LogP contribution in [0.15, 0.2) is 18.3 Å². The molecular weight excluding hydrogens is 162 g/mol. The van der Waals surface area contributed by atoms with Gasteiger partial charge < -0.3 is 14.8 Å². The molecule has 0 atom stereocenters. The third-order valence-electron chi connectivity index (χ3n) is 1.34. The molecule has 0 aromatic carbocycles. The molecular formula is C7H9NO2S. The maximum absolute atomic E-state index is 9.12. The summed E-state index contributed by atoms with van der Waals surface area (Å²) in [5.74, 6) is 0.0796. The standard InChI is InChI=1S/C7H9NO2S/c9-5-4-8-3-1-2-6(10)7(8)11/h1-3,9-10H,4-5H2. The van der Waals surface area contributed by atoms with Crippen molar-refractivity contribution < 1.29 is 10.2 Å². The fourth-order valence-electron chi connectivity index (χ4n) is 0.808. The second-order valence-corrected chi connectivity index (χ2v) is 2.50. The third-order valence-corrected chi connectivity index (χ3v) is 1.78. The second-order valence-electron chi connectivity index (χ2n) is 2.12. The average Bonchev–Trinajstić information content (AvgIpc) is 1.99. The van der Waals surface area contributed by atoms with Crippen LogP contribution in [0.3, 0.4) is 0 Å². The minimum atomic E-state index is 0.0256. The zero-order valence-corrected chi connectivity index (χ0v) is 6.71. The number of hydrogen-bond donors (Lipinski definition) is 2. The van der Waals surface area contributed by atoms with Gasteiger partial charge in [-0.3, -0.25) is 0 Å². The number of aliphatic hydroxyl groups is 1. The molecule has 0 bridgehead atoms. The molecule has 0 amide bonds. The van der Waals surface area contributed by atoms with E-state index in [2.05, 4.69) is 0 Å². The lowest BCUT2D eigenvalue weighted by atomic mass is 10.4. The smallest absolute Gasteiger partial charge is 0.150 e. The number of nitrogens with zero attached hydrogens (tertiary/aromatic N) is 1. The van der Waals surface area contributed by atoms with Crippen molar-refractivity contribution in [3.63, 3.8) is 0 Å². The lowest BCUT2D eigenvalue weighted by Crippen LogP contribution is -2.02. The van der Waals surface area contributed by atoms with Crippen LogP contribution in [0, 0.1) is 4.64 Å². The highest BCUT2D eigenvalue weighted by molar-refractivity contribution is 7.71. The Morgan fingerprint density at radius 2 is 2.27 bits per heavy atom. The van der Waals surface area contributed by atoms with Gasteiger partial charge in [0.2, 0.25) is 0 Å². The molecule has 1 aromatic rings. The van der Waals surface area contributed by atoms with Gasteiger partial charge in [0.1, 0.15) is 10.4 Å². The molecule has 0 aliphatic rings. The molecule has 0 unspecified atom stereocenters. The number of aromatic hydroxyl groups is 1. The lowest BCUT2D eigenvalue weighted by Gasteiger charge is -2.03. The van der Waals surface area contributed by atoms with E-state index in [-0.39, 0.29) is 12.4 Å². The molecule has 0 aliphatic heterocycles. The summed E-state index contributed by atoms with van der Waals surface area (Å²) in [7, 11) is 0. The van der Waals surface area contributed by atoms with Crippen molar-refractivity contribution in [2.75, 3.05) is 6.61 Å². The van der Waals surface area contributed by atoms with Gasteiger partial charge in [-0.05, 0) is 12.1 Å². The van der Waals surface area contributed by atoms with E-state index in [0.717, 1.165) is 0 Å². The molecule has 0 saturated heterocycles. The van der Waals surface area contributed by atoms with E-state index in [1.54, 1.807) is 16.8 Å². The minimum absolute atomic E-state index is 0.0256. The van der Waals surface area contributed by atoms with E-state index in [0.29, 0.717) is 11.2 Å². The van der Waals surface area contributed by atoms with Crippen LogP contribution in [0.25, 0.3) is 0 Å². The SMILES string of the molecule is OCCn1cccc(O)c1=S. The van der Waals surface area contributed by atoms with Crippen LogP contribution >= 0.6 is 12.2 Å². The van der Waals surface area contributed by atoms with Crippen molar-refractivity contribution in [2.45, 2.75) is 6.54 Å². The Morgan fingerprint density at radius 1 is 1.55 bits per heavy atom. The lowest BCUT2D eigenvalue weighted by molar-refractivity contribution is 0.274. The van der Waals surface area contributed by atoms with Gasteiger partial charge in [-0.15, -0.1) is 0 Å². The summed E-state index contributed by atoms with van der Waals surface area (Å²) < 4.78 is 1.98. The summed E-state index contributed by atoms with van der Waals surface area (Å²) in [5, 5.41) is 17.7. The molecule has 60 valence electrons. The van der Waals surface area contributed by atoms with E-state index >= 15 is 0 Å².